The van der Waals surface area contributed by atoms with Crippen LogP contribution in [0.3, 0.4) is 0 Å². The zero-order chi connectivity index (χ0) is 13.4. The van der Waals surface area contributed by atoms with Gasteiger partial charge in [-0.05, 0) is 35.6 Å². The normalized spacial score (nSPS) is 16.7. The van der Waals surface area contributed by atoms with Gasteiger partial charge >= 0.3 is 0 Å². The average Bonchev–Trinajstić information content (AvgIpc) is 3.09. The van der Waals surface area contributed by atoms with Crippen LogP contribution in [0, 0.1) is 0 Å². The van der Waals surface area contributed by atoms with E-state index in [4.69, 9.17) is 0 Å². The third-order valence-corrected chi connectivity index (χ3v) is 4.30. The molecular weight excluding hydrogens is 242 g/mol. The average molecular weight is 259 g/mol. The minimum absolute atomic E-state index is 0.569. The van der Waals surface area contributed by atoms with Crippen molar-refractivity contribution in [2.24, 2.45) is 0 Å². The van der Waals surface area contributed by atoms with Gasteiger partial charge in [-0.15, -0.1) is 0 Å². The second kappa shape index (κ2) is 4.68. The molecule has 1 aliphatic rings. The van der Waals surface area contributed by atoms with Gasteiger partial charge in [-0.1, -0.05) is 54.6 Å². The fourth-order valence-corrected chi connectivity index (χ4v) is 3.23. The minimum atomic E-state index is 0.569. The van der Waals surface area contributed by atoms with Crippen LogP contribution in [0.1, 0.15) is 29.0 Å². The molecule has 1 nitrogen and oxygen atoms in total. The van der Waals surface area contributed by atoms with Crippen LogP contribution in [0.4, 0.5) is 0 Å². The molecule has 4 rings (SSSR count). The lowest BCUT2D eigenvalue weighted by molar-refractivity contribution is 0.748. The van der Waals surface area contributed by atoms with Crippen LogP contribution in [0.5, 0.6) is 0 Å². The Labute approximate surface area is 119 Å². The SMILES string of the molecule is C1=CC(CCc2c[nH]c3ccccc23)c2ccccc21. The van der Waals surface area contributed by atoms with Crippen molar-refractivity contribution < 1.29 is 0 Å². The zero-order valence-electron chi connectivity index (χ0n) is 11.3. The number of hydrogen-bond acceptors (Lipinski definition) is 0. The van der Waals surface area contributed by atoms with E-state index in [1.807, 2.05) is 0 Å². The second-order valence-electron chi connectivity index (χ2n) is 5.49. The van der Waals surface area contributed by atoms with Crippen LogP contribution >= 0.6 is 0 Å². The number of aromatic nitrogens is 1. The molecule has 1 heterocycles. The van der Waals surface area contributed by atoms with Gasteiger partial charge in [0.25, 0.3) is 0 Å². The monoisotopic (exact) mass is 259 g/mol. The fraction of sp³-hybridized carbons (Fsp3) is 0.158. The van der Waals surface area contributed by atoms with Gasteiger partial charge < -0.3 is 4.98 Å². The first-order valence-electron chi connectivity index (χ1n) is 7.24. The summed E-state index contributed by atoms with van der Waals surface area (Å²) in [5, 5.41) is 1.36. The molecule has 1 heteroatoms. The van der Waals surface area contributed by atoms with Gasteiger partial charge in [0.15, 0.2) is 0 Å². The molecule has 0 saturated heterocycles. The summed E-state index contributed by atoms with van der Waals surface area (Å²) in [6.45, 7) is 0. The third kappa shape index (κ3) is 1.87. The van der Waals surface area contributed by atoms with E-state index in [1.165, 1.54) is 34.0 Å². The van der Waals surface area contributed by atoms with Crippen LogP contribution < -0.4 is 0 Å². The molecule has 98 valence electrons. The van der Waals surface area contributed by atoms with E-state index in [9.17, 15) is 0 Å². The van der Waals surface area contributed by atoms with Crippen molar-refractivity contribution in [3.05, 3.63) is 77.5 Å². The third-order valence-electron chi connectivity index (χ3n) is 4.30. The van der Waals surface area contributed by atoms with E-state index in [1.54, 1.807) is 0 Å². The maximum absolute atomic E-state index is 3.36. The first kappa shape index (κ1) is 11.5. The number of H-pyrrole nitrogens is 1. The summed E-state index contributed by atoms with van der Waals surface area (Å²) in [5.74, 6) is 0.569. The van der Waals surface area contributed by atoms with E-state index in [0.29, 0.717) is 5.92 Å². The number of rotatable bonds is 3. The molecule has 1 N–H and O–H groups in total. The Bertz CT molecular complexity index is 779. The molecule has 1 aromatic heterocycles. The Hall–Kier alpha value is -2.28. The van der Waals surface area contributed by atoms with Gasteiger partial charge in [-0.25, -0.2) is 0 Å². The lowest BCUT2D eigenvalue weighted by Crippen LogP contribution is -1.95. The maximum atomic E-state index is 3.36. The summed E-state index contributed by atoms with van der Waals surface area (Å²) in [6.07, 6.45) is 9.06. The number of fused-ring (bicyclic) bond motifs is 2. The summed E-state index contributed by atoms with van der Waals surface area (Å²) >= 11 is 0. The molecule has 0 radical (unpaired) electrons. The molecule has 0 aliphatic heterocycles. The number of para-hydroxylation sites is 1. The van der Waals surface area contributed by atoms with Gasteiger partial charge in [0.1, 0.15) is 0 Å². The van der Waals surface area contributed by atoms with Crippen molar-refractivity contribution in [2.45, 2.75) is 18.8 Å². The second-order valence-corrected chi connectivity index (χ2v) is 5.49. The summed E-state index contributed by atoms with van der Waals surface area (Å²) in [6, 6.07) is 17.3. The summed E-state index contributed by atoms with van der Waals surface area (Å²) in [5.41, 5.74) is 5.53. The number of aryl methyl sites for hydroxylation is 1. The molecule has 0 amide bonds. The van der Waals surface area contributed by atoms with E-state index >= 15 is 0 Å². The Morgan fingerprint density at radius 1 is 0.950 bits per heavy atom. The Morgan fingerprint density at radius 3 is 2.80 bits per heavy atom. The molecule has 0 fully saturated rings. The minimum Gasteiger partial charge on any atom is -0.361 e. The van der Waals surface area contributed by atoms with Gasteiger partial charge in [0.05, 0.1) is 0 Å². The van der Waals surface area contributed by atoms with Crippen LogP contribution in [0.2, 0.25) is 0 Å². The van der Waals surface area contributed by atoms with Crippen LogP contribution in [-0.4, -0.2) is 4.98 Å². The Balaban J connectivity index is 1.56. The van der Waals surface area contributed by atoms with Crippen molar-refractivity contribution >= 4 is 17.0 Å². The smallest absolute Gasteiger partial charge is 0.0456 e. The molecule has 20 heavy (non-hydrogen) atoms. The number of benzene rings is 2. The lowest BCUT2D eigenvalue weighted by atomic mass is 9.94. The van der Waals surface area contributed by atoms with Crippen LogP contribution in [-0.2, 0) is 6.42 Å². The van der Waals surface area contributed by atoms with E-state index in [-0.39, 0.29) is 0 Å². The Kier molecular flexibility index (Phi) is 2.70. The first-order valence-corrected chi connectivity index (χ1v) is 7.24. The number of allylic oxidation sites excluding steroid dienone is 1. The van der Waals surface area contributed by atoms with Gasteiger partial charge in [-0.3, -0.25) is 0 Å². The van der Waals surface area contributed by atoms with Crippen molar-refractivity contribution in [3.63, 3.8) is 0 Å². The van der Waals surface area contributed by atoms with Crippen molar-refractivity contribution in [1.29, 1.82) is 0 Å². The van der Waals surface area contributed by atoms with Gasteiger partial charge in [0.2, 0.25) is 0 Å². The standard InChI is InChI=1S/C19H17N/c1-2-6-17-14(5-1)9-10-15(17)11-12-16-13-20-19-8-4-3-7-18(16)19/h1-10,13,15,20H,11-12H2. The highest BCUT2D eigenvalue weighted by atomic mass is 14.7. The molecule has 0 saturated carbocycles. The molecule has 1 unspecified atom stereocenters. The highest BCUT2D eigenvalue weighted by Gasteiger charge is 2.16. The quantitative estimate of drug-likeness (QED) is 0.687. The van der Waals surface area contributed by atoms with Crippen LogP contribution in [0.25, 0.3) is 17.0 Å². The molecule has 0 spiro atoms. The largest absolute Gasteiger partial charge is 0.361 e. The summed E-state index contributed by atoms with van der Waals surface area (Å²) in [7, 11) is 0. The van der Waals surface area contributed by atoms with Gasteiger partial charge in [-0.2, -0.15) is 0 Å². The zero-order valence-corrected chi connectivity index (χ0v) is 11.3. The molecule has 1 aliphatic carbocycles. The highest BCUT2D eigenvalue weighted by molar-refractivity contribution is 5.83. The van der Waals surface area contributed by atoms with E-state index < -0.39 is 0 Å². The summed E-state index contributed by atoms with van der Waals surface area (Å²) < 4.78 is 0. The molecule has 0 bridgehead atoms. The molecule has 3 aromatic rings. The number of nitrogens with one attached hydrogen (secondary N) is 1. The van der Waals surface area contributed by atoms with Crippen LogP contribution in [0.15, 0.2) is 60.8 Å². The Morgan fingerprint density at radius 2 is 1.80 bits per heavy atom. The molecular formula is C19H17N. The summed E-state index contributed by atoms with van der Waals surface area (Å²) in [4.78, 5) is 3.36. The number of hydrogen-bond donors (Lipinski definition) is 1. The molecule has 1 atom stereocenters. The predicted molar refractivity (Wildman–Crippen MR) is 84.8 cm³/mol. The fourth-order valence-electron chi connectivity index (χ4n) is 3.23. The number of aromatic amines is 1. The maximum Gasteiger partial charge on any atom is 0.0456 e. The van der Waals surface area contributed by atoms with Gasteiger partial charge in [0, 0.05) is 23.0 Å². The van der Waals surface area contributed by atoms with Crippen molar-refractivity contribution in [1.82, 2.24) is 4.98 Å². The first-order chi connectivity index (χ1) is 9.92. The van der Waals surface area contributed by atoms with Crippen molar-refractivity contribution in [3.8, 4) is 0 Å². The van der Waals surface area contributed by atoms with E-state index in [0.717, 1.165) is 6.42 Å². The lowest BCUT2D eigenvalue weighted by Gasteiger charge is -2.10. The predicted octanol–water partition coefficient (Wildman–Crippen LogP) is 4.91. The highest BCUT2D eigenvalue weighted by Crippen LogP contribution is 2.33. The molecule has 2 aromatic carbocycles. The van der Waals surface area contributed by atoms with Crippen molar-refractivity contribution in [2.75, 3.05) is 0 Å². The topological polar surface area (TPSA) is 15.8 Å². The van der Waals surface area contributed by atoms with E-state index in [2.05, 4.69) is 71.9 Å².